The molecule has 2 rings (SSSR count). The monoisotopic (exact) mass is 431 g/mol. The Hall–Kier alpha value is -2.67. The summed E-state index contributed by atoms with van der Waals surface area (Å²) in [6, 6.07) is 9.45. The Morgan fingerprint density at radius 3 is 2.07 bits per heavy atom. The maximum atomic E-state index is 13.0. The van der Waals surface area contributed by atoms with Crippen molar-refractivity contribution in [3.8, 4) is 0 Å². The Balaban J connectivity index is 2.42. The normalized spacial score (nSPS) is 12.0. The smallest absolute Gasteiger partial charge is 0.348 e. The molecule has 162 valence electrons. The van der Waals surface area contributed by atoms with Crippen molar-refractivity contribution in [2.75, 3.05) is 5.32 Å². The number of thiophene rings is 1. The first-order chi connectivity index (χ1) is 14.1. The minimum atomic E-state index is -0.578. The highest BCUT2D eigenvalue weighted by atomic mass is 32.1. The molecule has 0 saturated carbocycles. The lowest BCUT2D eigenvalue weighted by atomic mass is 9.95. The van der Waals surface area contributed by atoms with E-state index in [0.29, 0.717) is 17.0 Å². The van der Waals surface area contributed by atoms with Gasteiger partial charge in [-0.25, -0.2) is 9.59 Å². The number of nitrogens with one attached hydrogen (secondary N) is 1. The van der Waals surface area contributed by atoms with Gasteiger partial charge in [-0.05, 0) is 52.2 Å². The van der Waals surface area contributed by atoms with Crippen LogP contribution >= 0.6 is 11.3 Å². The number of carbonyl (C=O) groups excluding carboxylic acids is 3. The van der Waals surface area contributed by atoms with Gasteiger partial charge < -0.3 is 14.8 Å². The molecule has 0 aliphatic heterocycles. The summed E-state index contributed by atoms with van der Waals surface area (Å²) in [7, 11) is 0. The van der Waals surface area contributed by atoms with Gasteiger partial charge in [-0.15, -0.1) is 11.3 Å². The number of amides is 1. The van der Waals surface area contributed by atoms with Gasteiger partial charge in [0.15, 0.2) is 0 Å². The average molecular weight is 432 g/mol. The standard InChI is InChI=1S/C23H29NO5S/c1-7-17(16-11-9-8-10-12-16)20(25)24-21-18(22(26)28-13(2)3)15(6)19(30-21)23(27)29-14(4)5/h8-14,17H,7H2,1-6H3,(H,24,25)/t17-/m0/s1. The van der Waals surface area contributed by atoms with E-state index in [1.165, 1.54) is 0 Å². The first-order valence-corrected chi connectivity index (χ1v) is 10.9. The Labute approximate surface area is 181 Å². The molecule has 0 aliphatic rings. The summed E-state index contributed by atoms with van der Waals surface area (Å²) in [4.78, 5) is 38.6. The van der Waals surface area contributed by atoms with E-state index in [1.807, 2.05) is 37.3 Å². The molecule has 7 heteroatoms. The quantitative estimate of drug-likeness (QED) is 0.572. The van der Waals surface area contributed by atoms with Crippen LogP contribution in [-0.2, 0) is 14.3 Å². The topological polar surface area (TPSA) is 81.7 Å². The average Bonchev–Trinajstić information content (AvgIpc) is 2.98. The Bertz CT molecular complexity index is 902. The van der Waals surface area contributed by atoms with Crippen LogP contribution in [0.5, 0.6) is 0 Å². The highest BCUT2D eigenvalue weighted by Gasteiger charge is 2.29. The summed E-state index contributed by atoms with van der Waals surface area (Å²) in [5, 5.41) is 3.15. The number of ether oxygens (including phenoxy) is 2. The molecule has 0 fully saturated rings. The van der Waals surface area contributed by atoms with Crippen molar-refractivity contribution in [3.05, 3.63) is 51.9 Å². The van der Waals surface area contributed by atoms with E-state index in [1.54, 1.807) is 34.6 Å². The predicted molar refractivity (Wildman–Crippen MR) is 118 cm³/mol. The highest BCUT2D eigenvalue weighted by Crippen LogP contribution is 2.36. The number of benzene rings is 1. The number of rotatable bonds is 8. The maximum absolute atomic E-state index is 13.0. The second-order valence-corrected chi connectivity index (χ2v) is 8.55. The minimum absolute atomic E-state index is 0.195. The third kappa shape index (κ3) is 5.69. The molecule has 30 heavy (non-hydrogen) atoms. The highest BCUT2D eigenvalue weighted by molar-refractivity contribution is 7.18. The minimum Gasteiger partial charge on any atom is -0.459 e. The summed E-state index contributed by atoms with van der Waals surface area (Å²) < 4.78 is 10.6. The molecule has 0 bridgehead atoms. The van der Waals surface area contributed by atoms with E-state index in [-0.39, 0.29) is 34.5 Å². The van der Waals surface area contributed by atoms with Gasteiger partial charge >= 0.3 is 11.9 Å². The third-order valence-electron chi connectivity index (χ3n) is 4.39. The zero-order valence-electron chi connectivity index (χ0n) is 18.3. The summed E-state index contributed by atoms with van der Waals surface area (Å²) in [5.74, 6) is -1.73. The fourth-order valence-corrected chi connectivity index (χ4v) is 4.12. The van der Waals surface area contributed by atoms with E-state index < -0.39 is 11.9 Å². The molecule has 6 nitrogen and oxygen atoms in total. The zero-order chi connectivity index (χ0) is 22.4. The van der Waals surface area contributed by atoms with Gasteiger partial charge in [-0.1, -0.05) is 37.3 Å². The number of esters is 2. The van der Waals surface area contributed by atoms with Crippen molar-refractivity contribution in [2.45, 2.75) is 66.1 Å². The molecule has 2 aromatic rings. The molecule has 1 aromatic heterocycles. The van der Waals surface area contributed by atoms with Crippen LogP contribution in [0.3, 0.4) is 0 Å². The van der Waals surface area contributed by atoms with Crippen LogP contribution in [0.2, 0.25) is 0 Å². The fraction of sp³-hybridized carbons (Fsp3) is 0.435. The van der Waals surface area contributed by atoms with Gasteiger partial charge in [0.25, 0.3) is 0 Å². The lowest BCUT2D eigenvalue weighted by Gasteiger charge is -2.16. The van der Waals surface area contributed by atoms with Crippen LogP contribution < -0.4 is 5.32 Å². The van der Waals surface area contributed by atoms with Crippen LogP contribution in [0.25, 0.3) is 0 Å². The fourth-order valence-electron chi connectivity index (χ4n) is 3.04. The van der Waals surface area contributed by atoms with Crippen LogP contribution in [-0.4, -0.2) is 30.1 Å². The Morgan fingerprint density at radius 1 is 0.967 bits per heavy atom. The van der Waals surface area contributed by atoms with Crippen LogP contribution in [0.4, 0.5) is 5.00 Å². The van der Waals surface area contributed by atoms with Crippen molar-refractivity contribution in [3.63, 3.8) is 0 Å². The second-order valence-electron chi connectivity index (χ2n) is 7.53. The zero-order valence-corrected chi connectivity index (χ0v) is 19.1. The third-order valence-corrected chi connectivity index (χ3v) is 5.57. The van der Waals surface area contributed by atoms with E-state index in [9.17, 15) is 14.4 Å². The summed E-state index contributed by atoms with van der Waals surface area (Å²) in [6.07, 6.45) is -0.0430. The van der Waals surface area contributed by atoms with Crippen LogP contribution in [0.1, 0.15) is 78.1 Å². The molecule has 0 saturated heterocycles. The number of carbonyl (C=O) groups is 3. The van der Waals surface area contributed by atoms with Gasteiger partial charge in [-0.3, -0.25) is 4.79 Å². The second kappa shape index (κ2) is 10.4. The molecule has 1 atom stereocenters. The van der Waals surface area contributed by atoms with Crippen LogP contribution in [0, 0.1) is 6.92 Å². The Kier molecular flexibility index (Phi) is 8.17. The van der Waals surface area contributed by atoms with E-state index in [4.69, 9.17) is 9.47 Å². The van der Waals surface area contributed by atoms with E-state index in [0.717, 1.165) is 16.9 Å². The summed E-state index contributed by atoms with van der Waals surface area (Å²) in [5.41, 5.74) is 1.52. The van der Waals surface area contributed by atoms with Crippen molar-refractivity contribution in [1.29, 1.82) is 0 Å². The molecule has 1 heterocycles. The van der Waals surface area contributed by atoms with Gasteiger partial charge in [0.2, 0.25) is 5.91 Å². The van der Waals surface area contributed by atoms with Crippen molar-refractivity contribution < 1.29 is 23.9 Å². The molecule has 0 unspecified atom stereocenters. The van der Waals surface area contributed by atoms with Crippen molar-refractivity contribution in [1.82, 2.24) is 0 Å². The molecule has 0 radical (unpaired) electrons. The van der Waals surface area contributed by atoms with Gasteiger partial charge in [-0.2, -0.15) is 0 Å². The number of hydrogen-bond acceptors (Lipinski definition) is 6. The molecule has 1 N–H and O–H groups in total. The Morgan fingerprint density at radius 2 is 1.53 bits per heavy atom. The first-order valence-electron chi connectivity index (χ1n) is 10.1. The number of hydrogen-bond donors (Lipinski definition) is 1. The molecule has 1 amide bonds. The van der Waals surface area contributed by atoms with Crippen molar-refractivity contribution in [2.24, 2.45) is 0 Å². The molecular formula is C23H29NO5S. The lowest BCUT2D eigenvalue weighted by Crippen LogP contribution is -2.22. The largest absolute Gasteiger partial charge is 0.459 e. The predicted octanol–water partition coefficient (Wildman–Crippen LogP) is 5.32. The molecule has 0 spiro atoms. The summed E-state index contributed by atoms with van der Waals surface area (Å²) >= 11 is 1.04. The molecular weight excluding hydrogens is 402 g/mol. The number of anilines is 1. The lowest BCUT2D eigenvalue weighted by molar-refractivity contribution is -0.117. The van der Waals surface area contributed by atoms with Gasteiger partial charge in [0.1, 0.15) is 9.88 Å². The van der Waals surface area contributed by atoms with E-state index in [2.05, 4.69) is 5.32 Å². The molecule has 1 aromatic carbocycles. The SMILES string of the molecule is CC[C@H](C(=O)Nc1sc(C(=O)OC(C)C)c(C)c1C(=O)OC(C)C)c1ccccc1. The van der Waals surface area contributed by atoms with Gasteiger partial charge in [0.05, 0.1) is 23.7 Å². The summed E-state index contributed by atoms with van der Waals surface area (Å²) in [6.45, 7) is 10.6. The van der Waals surface area contributed by atoms with Crippen molar-refractivity contribution >= 4 is 34.2 Å². The van der Waals surface area contributed by atoms with Crippen LogP contribution in [0.15, 0.2) is 30.3 Å². The maximum Gasteiger partial charge on any atom is 0.348 e. The van der Waals surface area contributed by atoms with E-state index >= 15 is 0 Å². The van der Waals surface area contributed by atoms with Gasteiger partial charge in [0, 0.05) is 0 Å². The molecule has 0 aliphatic carbocycles. The first kappa shape index (κ1) is 23.6.